The van der Waals surface area contributed by atoms with Gasteiger partial charge >= 0.3 is 12.1 Å². The highest BCUT2D eigenvalue weighted by atomic mass is 19.4. The number of methoxy groups -OCH3 is 1. The topological polar surface area (TPSA) is 52.3 Å². The molecular formula is C12H8F3NO3. The van der Waals surface area contributed by atoms with Crippen molar-refractivity contribution < 1.29 is 27.2 Å². The number of carbonyl (C=O) groups is 1. The van der Waals surface area contributed by atoms with Crippen molar-refractivity contribution >= 4 is 5.97 Å². The number of rotatable bonds is 2. The normalized spacial score (nSPS) is 11.4. The third kappa shape index (κ3) is 2.75. The molecule has 0 aliphatic carbocycles. The second-order valence-corrected chi connectivity index (χ2v) is 3.64. The summed E-state index contributed by atoms with van der Waals surface area (Å²) in [4.78, 5) is 11.2. The van der Waals surface area contributed by atoms with Crippen LogP contribution in [0, 0.1) is 0 Å². The van der Waals surface area contributed by atoms with E-state index in [-0.39, 0.29) is 5.69 Å². The Morgan fingerprint density at radius 1 is 1.26 bits per heavy atom. The standard InChI is InChI=1S/C12H8F3NO3/c1-18-11(17)8-4-2-7(3-5-8)9-6-10(19-16-9)12(13,14)15/h2-6H,1H3. The van der Waals surface area contributed by atoms with Crippen LogP contribution >= 0.6 is 0 Å². The molecule has 0 bridgehead atoms. The molecule has 0 spiro atoms. The van der Waals surface area contributed by atoms with Crippen LogP contribution in [0.15, 0.2) is 34.9 Å². The SMILES string of the molecule is COC(=O)c1ccc(-c2cc(C(F)(F)F)on2)cc1. The number of hydrogen-bond donors (Lipinski definition) is 0. The summed E-state index contributed by atoms with van der Waals surface area (Å²) in [7, 11) is 1.24. The third-order valence-electron chi connectivity index (χ3n) is 2.39. The Balaban J connectivity index is 2.28. The molecule has 4 nitrogen and oxygen atoms in total. The van der Waals surface area contributed by atoms with Crippen LogP contribution in [0.2, 0.25) is 0 Å². The molecule has 0 saturated carbocycles. The van der Waals surface area contributed by atoms with Gasteiger partial charge in [-0.1, -0.05) is 17.3 Å². The molecule has 1 heterocycles. The average molecular weight is 271 g/mol. The number of carbonyl (C=O) groups excluding carboxylic acids is 1. The van der Waals surface area contributed by atoms with Gasteiger partial charge in [-0.05, 0) is 12.1 Å². The van der Waals surface area contributed by atoms with Crippen LogP contribution in [0.3, 0.4) is 0 Å². The number of alkyl halides is 3. The molecule has 2 aromatic rings. The summed E-state index contributed by atoms with van der Waals surface area (Å²) >= 11 is 0. The lowest BCUT2D eigenvalue weighted by Crippen LogP contribution is -2.02. The minimum atomic E-state index is -4.57. The Hall–Kier alpha value is -2.31. The Labute approximate surface area is 105 Å². The van der Waals surface area contributed by atoms with Gasteiger partial charge in [0.05, 0.1) is 12.7 Å². The maximum Gasteiger partial charge on any atom is 0.452 e. The molecule has 19 heavy (non-hydrogen) atoms. The van der Waals surface area contributed by atoms with E-state index < -0.39 is 17.9 Å². The lowest BCUT2D eigenvalue weighted by Gasteiger charge is -2.00. The molecule has 0 amide bonds. The molecule has 100 valence electrons. The van der Waals surface area contributed by atoms with Crippen LogP contribution < -0.4 is 0 Å². The van der Waals surface area contributed by atoms with Crippen molar-refractivity contribution in [2.24, 2.45) is 0 Å². The lowest BCUT2D eigenvalue weighted by molar-refractivity contribution is -0.155. The van der Waals surface area contributed by atoms with Crippen molar-refractivity contribution in [3.8, 4) is 11.3 Å². The van der Waals surface area contributed by atoms with Gasteiger partial charge in [0.25, 0.3) is 0 Å². The van der Waals surface area contributed by atoms with Crippen LogP contribution in [0.5, 0.6) is 0 Å². The Morgan fingerprint density at radius 2 is 1.89 bits per heavy atom. The van der Waals surface area contributed by atoms with Crippen molar-refractivity contribution in [2.75, 3.05) is 7.11 Å². The molecule has 0 N–H and O–H groups in total. The van der Waals surface area contributed by atoms with Gasteiger partial charge in [0.1, 0.15) is 5.69 Å². The molecule has 0 radical (unpaired) electrons. The fourth-order valence-corrected chi connectivity index (χ4v) is 1.44. The van der Waals surface area contributed by atoms with Crippen molar-refractivity contribution in [1.82, 2.24) is 5.16 Å². The predicted octanol–water partition coefficient (Wildman–Crippen LogP) is 3.15. The van der Waals surface area contributed by atoms with Crippen LogP contribution in [-0.2, 0) is 10.9 Å². The van der Waals surface area contributed by atoms with Gasteiger partial charge in [-0.15, -0.1) is 0 Å². The highest BCUT2D eigenvalue weighted by molar-refractivity contribution is 5.89. The predicted molar refractivity (Wildman–Crippen MR) is 58.3 cm³/mol. The maximum absolute atomic E-state index is 12.3. The number of benzene rings is 1. The summed E-state index contributed by atoms with van der Waals surface area (Å²) in [5, 5.41) is 3.34. The maximum atomic E-state index is 12.3. The zero-order valence-electron chi connectivity index (χ0n) is 9.69. The highest BCUT2D eigenvalue weighted by Crippen LogP contribution is 2.32. The zero-order chi connectivity index (χ0) is 14.0. The third-order valence-corrected chi connectivity index (χ3v) is 2.39. The summed E-state index contributed by atoms with van der Waals surface area (Å²) in [6.45, 7) is 0. The molecular weight excluding hydrogens is 263 g/mol. The summed E-state index contributed by atoms with van der Waals surface area (Å²) in [6.07, 6.45) is -4.57. The van der Waals surface area contributed by atoms with E-state index in [1.54, 1.807) is 0 Å². The summed E-state index contributed by atoms with van der Waals surface area (Å²) in [5.41, 5.74) is 0.751. The smallest absolute Gasteiger partial charge is 0.452 e. The highest BCUT2D eigenvalue weighted by Gasteiger charge is 2.36. The van der Waals surface area contributed by atoms with Gasteiger partial charge < -0.3 is 9.26 Å². The van der Waals surface area contributed by atoms with E-state index >= 15 is 0 Å². The molecule has 0 saturated heterocycles. The quantitative estimate of drug-likeness (QED) is 0.787. The first-order valence-corrected chi connectivity index (χ1v) is 5.14. The first-order chi connectivity index (χ1) is 8.91. The number of halogens is 3. The second-order valence-electron chi connectivity index (χ2n) is 3.64. The van der Waals surface area contributed by atoms with Gasteiger partial charge in [0.15, 0.2) is 0 Å². The Morgan fingerprint density at radius 3 is 2.37 bits per heavy atom. The number of nitrogens with zero attached hydrogens (tertiary/aromatic N) is 1. The van der Waals surface area contributed by atoms with E-state index in [0.717, 1.165) is 6.07 Å². The lowest BCUT2D eigenvalue weighted by atomic mass is 10.1. The molecule has 0 atom stereocenters. The molecule has 7 heteroatoms. The van der Waals surface area contributed by atoms with E-state index in [1.165, 1.54) is 31.4 Å². The largest absolute Gasteiger partial charge is 0.465 e. The average Bonchev–Trinajstić information content (AvgIpc) is 2.87. The van der Waals surface area contributed by atoms with Gasteiger partial charge in [-0.3, -0.25) is 0 Å². The first-order valence-electron chi connectivity index (χ1n) is 5.14. The zero-order valence-corrected chi connectivity index (χ0v) is 9.69. The monoisotopic (exact) mass is 271 g/mol. The molecule has 1 aromatic carbocycles. The van der Waals surface area contributed by atoms with E-state index in [9.17, 15) is 18.0 Å². The number of aromatic nitrogens is 1. The summed E-state index contributed by atoms with van der Waals surface area (Å²) < 4.78 is 45.7. The molecule has 0 aliphatic rings. The van der Waals surface area contributed by atoms with Gasteiger partial charge in [-0.25, -0.2) is 4.79 Å². The number of hydrogen-bond acceptors (Lipinski definition) is 4. The Kier molecular flexibility index (Phi) is 3.28. The van der Waals surface area contributed by atoms with E-state index in [2.05, 4.69) is 14.4 Å². The van der Waals surface area contributed by atoms with Crippen LogP contribution in [-0.4, -0.2) is 18.2 Å². The van der Waals surface area contributed by atoms with E-state index in [1.807, 2.05) is 0 Å². The van der Waals surface area contributed by atoms with Gasteiger partial charge in [-0.2, -0.15) is 13.2 Å². The van der Waals surface area contributed by atoms with E-state index in [0.29, 0.717) is 11.1 Å². The molecule has 1 aromatic heterocycles. The van der Waals surface area contributed by atoms with Crippen LogP contribution in [0.4, 0.5) is 13.2 Å². The van der Waals surface area contributed by atoms with Crippen molar-refractivity contribution in [2.45, 2.75) is 6.18 Å². The van der Waals surface area contributed by atoms with Crippen molar-refractivity contribution in [1.29, 1.82) is 0 Å². The fourth-order valence-electron chi connectivity index (χ4n) is 1.44. The first kappa shape index (κ1) is 13.1. The summed E-state index contributed by atoms with van der Waals surface area (Å²) in [6, 6.07) is 6.59. The van der Waals surface area contributed by atoms with Crippen molar-refractivity contribution in [3.63, 3.8) is 0 Å². The van der Waals surface area contributed by atoms with Crippen LogP contribution in [0.1, 0.15) is 16.1 Å². The summed E-state index contributed by atoms with van der Waals surface area (Å²) in [5.74, 6) is -1.69. The minimum Gasteiger partial charge on any atom is -0.465 e. The molecule has 0 aliphatic heterocycles. The number of ether oxygens (including phenoxy) is 1. The number of esters is 1. The minimum absolute atomic E-state index is 0.0451. The second kappa shape index (κ2) is 4.75. The molecule has 2 rings (SSSR count). The van der Waals surface area contributed by atoms with Crippen LogP contribution in [0.25, 0.3) is 11.3 Å². The molecule has 0 unspecified atom stereocenters. The van der Waals surface area contributed by atoms with Crippen molar-refractivity contribution in [3.05, 3.63) is 41.7 Å². The van der Waals surface area contributed by atoms with Gasteiger partial charge in [0.2, 0.25) is 5.76 Å². The Bertz CT molecular complexity index is 587. The van der Waals surface area contributed by atoms with E-state index in [4.69, 9.17) is 0 Å². The molecule has 0 fully saturated rings. The van der Waals surface area contributed by atoms with Gasteiger partial charge in [0, 0.05) is 11.6 Å². The fraction of sp³-hybridized carbons (Fsp3) is 0.167.